The molecule has 0 atom stereocenters. The third-order valence-corrected chi connectivity index (χ3v) is 2.19. The Morgan fingerprint density at radius 1 is 1.44 bits per heavy atom. The summed E-state index contributed by atoms with van der Waals surface area (Å²) >= 11 is 0. The zero-order valence-corrected chi connectivity index (χ0v) is 9.36. The molecule has 0 aliphatic rings. The number of hydrogen-bond donors (Lipinski definition) is 2. The zero-order valence-electron chi connectivity index (χ0n) is 9.36. The number of nitrogens with two attached hydrogens (primary N) is 1. The van der Waals surface area contributed by atoms with Gasteiger partial charge in [0.2, 0.25) is 0 Å². The highest BCUT2D eigenvalue weighted by molar-refractivity contribution is 5.98. The molecule has 0 saturated carbocycles. The van der Waals surface area contributed by atoms with E-state index >= 15 is 0 Å². The molecule has 0 aliphatic carbocycles. The van der Waals surface area contributed by atoms with Gasteiger partial charge in [-0.15, -0.1) is 0 Å². The number of nitrogens with zero attached hydrogens (tertiary/aromatic N) is 1. The monoisotopic (exact) mass is 221 g/mol. The molecular weight excluding hydrogens is 206 g/mol. The lowest BCUT2D eigenvalue weighted by molar-refractivity contribution is 0.170. The number of methoxy groups -OCH3 is 1. The van der Waals surface area contributed by atoms with Crippen molar-refractivity contribution in [2.75, 3.05) is 7.11 Å². The van der Waals surface area contributed by atoms with E-state index in [1.54, 1.807) is 0 Å². The molecule has 5 heteroatoms. The number of rotatable bonds is 3. The van der Waals surface area contributed by atoms with Crippen molar-refractivity contribution in [1.29, 1.82) is 0 Å². The Kier molecular flexibility index (Phi) is 4.32. The maximum atomic E-state index is 10.8. The van der Waals surface area contributed by atoms with Crippen LogP contribution in [0.15, 0.2) is 29.4 Å². The highest BCUT2D eigenvalue weighted by Gasteiger charge is 2.00. The number of hydrogen-bond acceptors (Lipinski definition) is 4. The van der Waals surface area contributed by atoms with Crippen LogP contribution < -0.4 is 11.2 Å². The number of carbonyl (C=O) groups is 1. The van der Waals surface area contributed by atoms with E-state index in [1.807, 2.05) is 31.2 Å². The van der Waals surface area contributed by atoms with Crippen molar-refractivity contribution < 1.29 is 9.53 Å². The van der Waals surface area contributed by atoms with Crippen LogP contribution in [0.4, 0.5) is 4.79 Å². The Morgan fingerprint density at radius 2 is 2.06 bits per heavy atom. The Labute approximate surface area is 94.3 Å². The van der Waals surface area contributed by atoms with Gasteiger partial charge >= 0.3 is 6.09 Å². The molecule has 3 N–H and O–H groups in total. The first-order chi connectivity index (χ1) is 7.67. The Morgan fingerprint density at radius 3 is 2.56 bits per heavy atom. The molecule has 0 fully saturated rings. The van der Waals surface area contributed by atoms with Crippen molar-refractivity contribution in [2.45, 2.75) is 13.5 Å². The molecule has 1 aromatic rings. The van der Waals surface area contributed by atoms with Gasteiger partial charge in [0.05, 0.1) is 12.8 Å². The number of hydrazone groups is 1. The van der Waals surface area contributed by atoms with Gasteiger partial charge in [-0.25, -0.2) is 4.79 Å². The minimum absolute atomic E-state index is 0.436. The van der Waals surface area contributed by atoms with Crippen LogP contribution in [0.5, 0.6) is 0 Å². The van der Waals surface area contributed by atoms with E-state index in [0.717, 1.165) is 16.8 Å². The van der Waals surface area contributed by atoms with Gasteiger partial charge in [-0.2, -0.15) is 5.10 Å². The maximum absolute atomic E-state index is 10.8. The van der Waals surface area contributed by atoms with Crippen LogP contribution in [0, 0.1) is 0 Å². The first kappa shape index (κ1) is 12.0. The zero-order chi connectivity index (χ0) is 12.0. The van der Waals surface area contributed by atoms with Gasteiger partial charge in [-0.1, -0.05) is 24.3 Å². The average molecular weight is 221 g/mol. The Balaban J connectivity index is 2.61. The van der Waals surface area contributed by atoms with Gasteiger partial charge in [0.1, 0.15) is 0 Å². The molecule has 86 valence electrons. The highest BCUT2D eigenvalue weighted by Crippen LogP contribution is 2.05. The Bertz CT molecular complexity index is 385. The molecule has 1 aromatic carbocycles. The SMILES string of the molecule is COC(=O)NCc1ccc(/C(C)=N/N)cc1. The lowest BCUT2D eigenvalue weighted by Crippen LogP contribution is -2.22. The lowest BCUT2D eigenvalue weighted by Gasteiger charge is -2.05. The van der Waals surface area contributed by atoms with Gasteiger partial charge in [-0.05, 0) is 18.1 Å². The second-order valence-electron chi connectivity index (χ2n) is 3.26. The highest BCUT2D eigenvalue weighted by atomic mass is 16.5. The molecule has 5 nitrogen and oxygen atoms in total. The summed E-state index contributed by atoms with van der Waals surface area (Å²) in [5, 5.41) is 6.20. The number of amides is 1. The van der Waals surface area contributed by atoms with E-state index in [0.29, 0.717) is 6.54 Å². The first-order valence-corrected chi connectivity index (χ1v) is 4.83. The van der Waals surface area contributed by atoms with Gasteiger partial charge in [0, 0.05) is 6.54 Å². The number of ether oxygens (including phenoxy) is 1. The number of alkyl carbamates (subject to hydrolysis) is 1. The summed E-state index contributed by atoms with van der Waals surface area (Å²) in [7, 11) is 1.33. The third-order valence-electron chi connectivity index (χ3n) is 2.19. The third kappa shape index (κ3) is 3.27. The molecule has 0 radical (unpaired) electrons. The summed E-state index contributed by atoms with van der Waals surface area (Å²) in [5.41, 5.74) is 2.72. The number of carbonyl (C=O) groups excluding carboxylic acids is 1. The number of benzene rings is 1. The quantitative estimate of drug-likeness (QED) is 0.458. The van der Waals surface area contributed by atoms with Crippen molar-refractivity contribution in [3.63, 3.8) is 0 Å². The fraction of sp³-hybridized carbons (Fsp3) is 0.273. The number of nitrogens with one attached hydrogen (secondary N) is 1. The molecule has 0 aliphatic heterocycles. The molecule has 16 heavy (non-hydrogen) atoms. The minimum atomic E-state index is -0.441. The van der Waals surface area contributed by atoms with Gasteiger partial charge in [-0.3, -0.25) is 0 Å². The first-order valence-electron chi connectivity index (χ1n) is 4.83. The fourth-order valence-electron chi connectivity index (χ4n) is 1.18. The fourth-order valence-corrected chi connectivity index (χ4v) is 1.18. The maximum Gasteiger partial charge on any atom is 0.407 e. The summed E-state index contributed by atoms with van der Waals surface area (Å²) in [6, 6.07) is 7.61. The summed E-state index contributed by atoms with van der Waals surface area (Å²) < 4.78 is 4.47. The standard InChI is InChI=1S/C11H15N3O2/c1-8(14-12)10-5-3-9(4-6-10)7-13-11(15)16-2/h3-6H,7,12H2,1-2H3,(H,13,15)/b14-8+. The van der Waals surface area contributed by atoms with Crippen molar-refractivity contribution in [1.82, 2.24) is 5.32 Å². The van der Waals surface area contributed by atoms with Gasteiger partial charge < -0.3 is 15.9 Å². The van der Waals surface area contributed by atoms with Crippen LogP contribution in [-0.4, -0.2) is 18.9 Å². The second-order valence-corrected chi connectivity index (χ2v) is 3.26. The molecule has 1 rings (SSSR count). The average Bonchev–Trinajstić information content (AvgIpc) is 2.35. The normalized spacial score (nSPS) is 11.0. The summed E-state index contributed by atoms with van der Waals surface area (Å²) in [5.74, 6) is 5.17. The van der Waals surface area contributed by atoms with E-state index in [2.05, 4.69) is 15.2 Å². The van der Waals surface area contributed by atoms with Crippen LogP contribution in [-0.2, 0) is 11.3 Å². The Hall–Kier alpha value is -2.04. The smallest absolute Gasteiger partial charge is 0.407 e. The molecule has 1 amide bonds. The molecule has 0 spiro atoms. The predicted octanol–water partition coefficient (Wildman–Crippen LogP) is 1.23. The summed E-state index contributed by atoms with van der Waals surface area (Å²) in [6.45, 7) is 2.27. The van der Waals surface area contributed by atoms with Crippen molar-refractivity contribution in [3.05, 3.63) is 35.4 Å². The molecule has 0 saturated heterocycles. The van der Waals surface area contributed by atoms with Crippen LogP contribution in [0.25, 0.3) is 0 Å². The molecular formula is C11H15N3O2. The summed E-state index contributed by atoms with van der Waals surface area (Å²) in [4.78, 5) is 10.8. The van der Waals surface area contributed by atoms with Crippen LogP contribution >= 0.6 is 0 Å². The molecule has 0 unspecified atom stereocenters. The van der Waals surface area contributed by atoms with E-state index in [-0.39, 0.29) is 0 Å². The van der Waals surface area contributed by atoms with Gasteiger partial charge in [0.25, 0.3) is 0 Å². The van der Waals surface area contributed by atoms with E-state index in [1.165, 1.54) is 7.11 Å². The molecule has 0 bridgehead atoms. The van der Waals surface area contributed by atoms with Crippen LogP contribution in [0.3, 0.4) is 0 Å². The van der Waals surface area contributed by atoms with Crippen LogP contribution in [0.2, 0.25) is 0 Å². The topological polar surface area (TPSA) is 76.7 Å². The lowest BCUT2D eigenvalue weighted by atomic mass is 10.1. The molecule has 0 aromatic heterocycles. The van der Waals surface area contributed by atoms with Crippen molar-refractivity contribution >= 4 is 11.8 Å². The van der Waals surface area contributed by atoms with E-state index in [9.17, 15) is 4.79 Å². The van der Waals surface area contributed by atoms with Crippen molar-refractivity contribution in [3.8, 4) is 0 Å². The molecule has 0 heterocycles. The summed E-state index contributed by atoms with van der Waals surface area (Å²) in [6.07, 6.45) is -0.441. The van der Waals surface area contributed by atoms with Crippen LogP contribution in [0.1, 0.15) is 18.1 Å². The largest absolute Gasteiger partial charge is 0.453 e. The second kappa shape index (κ2) is 5.75. The minimum Gasteiger partial charge on any atom is -0.453 e. The van der Waals surface area contributed by atoms with E-state index < -0.39 is 6.09 Å². The van der Waals surface area contributed by atoms with Crippen molar-refractivity contribution in [2.24, 2.45) is 10.9 Å². The van der Waals surface area contributed by atoms with Gasteiger partial charge in [0.15, 0.2) is 0 Å². The predicted molar refractivity (Wildman–Crippen MR) is 62.1 cm³/mol. The van der Waals surface area contributed by atoms with E-state index in [4.69, 9.17) is 5.84 Å².